The Balaban J connectivity index is 0.000000313. The summed E-state index contributed by atoms with van der Waals surface area (Å²) < 4.78 is 53.5. The molecule has 3 N–H and O–H groups in total. The van der Waals surface area contributed by atoms with Gasteiger partial charge in [-0.05, 0) is 56.7 Å². The summed E-state index contributed by atoms with van der Waals surface area (Å²) in [5, 5.41) is 31.0. The topological polar surface area (TPSA) is 266 Å². The van der Waals surface area contributed by atoms with Gasteiger partial charge in [-0.2, -0.15) is 0 Å². The summed E-state index contributed by atoms with van der Waals surface area (Å²) in [6.45, 7) is 23.4. The van der Waals surface area contributed by atoms with Gasteiger partial charge in [-0.25, -0.2) is 19.2 Å². The van der Waals surface area contributed by atoms with E-state index in [0.29, 0.717) is 12.6 Å². The highest BCUT2D eigenvalue weighted by atomic mass is 16.7. The average Bonchev–Trinajstić information content (AvgIpc) is 4.16. The molecule has 4 fully saturated rings. The molecular formula is C47H63NO19. The number of aldehydes is 2. The van der Waals surface area contributed by atoms with Crippen LogP contribution in [0.3, 0.4) is 0 Å². The van der Waals surface area contributed by atoms with Gasteiger partial charge in [0, 0.05) is 12.2 Å². The van der Waals surface area contributed by atoms with Crippen molar-refractivity contribution in [2.75, 3.05) is 47.6 Å². The van der Waals surface area contributed by atoms with E-state index in [9.17, 15) is 44.1 Å². The van der Waals surface area contributed by atoms with Crippen LogP contribution >= 0.6 is 0 Å². The van der Waals surface area contributed by atoms with E-state index < -0.39 is 96.4 Å². The van der Waals surface area contributed by atoms with Crippen molar-refractivity contribution >= 4 is 36.4 Å². The van der Waals surface area contributed by atoms with Crippen LogP contribution in [0.2, 0.25) is 0 Å². The van der Waals surface area contributed by atoms with Crippen LogP contribution in [0.1, 0.15) is 79.5 Å². The third-order valence-electron chi connectivity index (χ3n) is 10.0. The van der Waals surface area contributed by atoms with E-state index in [1.165, 1.54) is 24.3 Å². The van der Waals surface area contributed by atoms with Crippen LogP contribution in [-0.4, -0.2) is 159 Å². The fourth-order valence-electron chi connectivity index (χ4n) is 6.47. The summed E-state index contributed by atoms with van der Waals surface area (Å²) in [6.07, 6.45) is -4.87. The Bertz CT molecular complexity index is 1980. The normalized spacial score (nSPS) is 24.9. The maximum atomic E-state index is 12.7. The van der Waals surface area contributed by atoms with Crippen LogP contribution < -0.4 is 0 Å². The maximum Gasteiger partial charge on any atom is 0.336 e. The number of ether oxygens (including phenoxy) is 8. The summed E-state index contributed by atoms with van der Waals surface area (Å²) in [5.74, 6) is -2.22. The molecule has 0 radical (unpaired) electrons. The van der Waals surface area contributed by atoms with Gasteiger partial charge in [0.25, 0.3) is 0 Å². The second-order valence-electron chi connectivity index (χ2n) is 17.4. The molecule has 0 bridgehead atoms. The zero-order valence-electron chi connectivity index (χ0n) is 39.0. The standard InChI is InChI=1S/C26H36O10.C12H14O6.C6H4O3.C3H9N/c1-12(2)19(27)13(3)24(30)35-17-10-32-22-18(11-33-21(17)22)36-25(31)14(4)20(28)15-8-9-16(34-15)23(29)26(5,6)7;1-3-9(13)17-7-5-15-12-8(6-16-11(7)12)18-10(14)4-2;7-3-5-1-2-6(4-8)9-5;1-4(2)3/h8-9,12,17-23,27-29H,3-4,10-11H2,1-2,5-7H3;3-4,7-8,11-12H,1-2,5-6H2;1-4H;1-3H3/t17-,18+,19?,20?,21?,22?,23?;7-,8+,11?,12?;;/m0.../s1. The molecule has 11 atom stereocenters. The van der Waals surface area contributed by atoms with Crippen molar-refractivity contribution in [1.82, 2.24) is 4.90 Å². The van der Waals surface area contributed by atoms with Gasteiger partial charge in [-0.15, -0.1) is 0 Å². The molecule has 6 rings (SSSR count). The molecule has 7 unspecified atom stereocenters. The lowest BCUT2D eigenvalue weighted by Gasteiger charge is -2.23. The summed E-state index contributed by atoms with van der Waals surface area (Å²) in [4.78, 5) is 69.1. The molecule has 4 saturated heterocycles. The van der Waals surface area contributed by atoms with E-state index in [4.69, 9.17) is 42.3 Å². The van der Waals surface area contributed by atoms with Crippen molar-refractivity contribution in [3.63, 3.8) is 0 Å². The van der Waals surface area contributed by atoms with Crippen molar-refractivity contribution in [2.45, 2.75) is 102 Å². The van der Waals surface area contributed by atoms with E-state index in [1.807, 2.05) is 46.8 Å². The minimum absolute atomic E-state index is 0.00323. The lowest BCUT2D eigenvalue weighted by molar-refractivity contribution is -0.152. The van der Waals surface area contributed by atoms with Crippen LogP contribution in [0.15, 0.2) is 82.7 Å². The second kappa shape index (κ2) is 25.5. The molecule has 0 spiro atoms. The molecular weight excluding hydrogens is 883 g/mol. The Labute approximate surface area is 389 Å². The van der Waals surface area contributed by atoms with Crippen molar-refractivity contribution in [1.29, 1.82) is 0 Å². The van der Waals surface area contributed by atoms with Crippen molar-refractivity contribution < 1.29 is 90.8 Å². The van der Waals surface area contributed by atoms with Gasteiger partial charge >= 0.3 is 23.9 Å². The summed E-state index contributed by atoms with van der Waals surface area (Å²) in [6, 6.07) is 5.88. The Kier molecular flexibility index (Phi) is 21.2. The van der Waals surface area contributed by atoms with Crippen LogP contribution in [0.5, 0.6) is 0 Å². The molecule has 4 aliphatic heterocycles. The third-order valence-corrected chi connectivity index (χ3v) is 10.0. The van der Waals surface area contributed by atoms with Gasteiger partial charge in [0.05, 0.1) is 43.7 Å². The van der Waals surface area contributed by atoms with E-state index in [1.54, 1.807) is 13.8 Å². The highest BCUT2D eigenvalue weighted by molar-refractivity contribution is 5.89. The molecule has 0 saturated carbocycles. The number of hydrogen-bond acceptors (Lipinski definition) is 20. The molecule has 2 aromatic heterocycles. The second-order valence-corrected chi connectivity index (χ2v) is 17.4. The maximum absolute atomic E-state index is 12.7. The summed E-state index contributed by atoms with van der Waals surface area (Å²) in [7, 11) is 6.00. The SMILES string of the molecule is C=C(C(=O)O[C@@H]1COC2C1OC[C@@H]2OC(=O)C(=C)C(O)C(C)C)C(O)c1ccc(C(O)C(C)(C)C)o1.C=CC(=O)O[C@H]1COC2C1OC[C@H]2OC(=O)C=C.CN(C)C.O=Cc1ccc(C=O)o1. The quantitative estimate of drug-likeness (QED) is 0.100. The zero-order valence-corrected chi connectivity index (χ0v) is 39.0. The van der Waals surface area contributed by atoms with Crippen molar-refractivity contribution in [3.05, 3.63) is 96.9 Å². The van der Waals surface area contributed by atoms with Gasteiger partial charge in [0.2, 0.25) is 0 Å². The Morgan fingerprint density at radius 1 is 0.642 bits per heavy atom. The van der Waals surface area contributed by atoms with Crippen LogP contribution in [0, 0.1) is 11.3 Å². The molecule has 67 heavy (non-hydrogen) atoms. The highest BCUT2D eigenvalue weighted by Crippen LogP contribution is 2.36. The number of nitrogens with zero attached hydrogens (tertiary/aromatic N) is 1. The first-order valence-electron chi connectivity index (χ1n) is 21.1. The van der Waals surface area contributed by atoms with E-state index in [2.05, 4.69) is 30.7 Å². The smallest absolute Gasteiger partial charge is 0.336 e. The monoisotopic (exact) mass is 945 g/mol. The van der Waals surface area contributed by atoms with Gasteiger partial charge in [0.15, 0.2) is 48.5 Å². The lowest BCUT2D eigenvalue weighted by Crippen LogP contribution is -2.37. The van der Waals surface area contributed by atoms with Gasteiger partial charge in [-0.3, -0.25) is 9.59 Å². The number of aliphatic hydroxyl groups excluding tert-OH is 3. The number of fused-ring (bicyclic) bond motifs is 2. The summed E-state index contributed by atoms with van der Waals surface area (Å²) >= 11 is 0. The number of furan rings is 2. The fourth-order valence-corrected chi connectivity index (χ4v) is 6.47. The first-order valence-corrected chi connectivity index (χ1v) is 21.1. The molecule has 0 aliphatic carbocycles. The minimum Gasteiger partial charge on any atom is -0.460 e. The third kappa shape index (κ3) is 15.8. The number of aliphatic hydroxyl groups is 3. The molecule has 0 aromatic carbocycles. The lowest BCUT2D eigenvalue weighted by atomic mass is 9.88. The Morgan fingerprint density at radius 3 is 1.33 bits per heavy atom. The summed E-state index contributed by atoms with van der Waals surface area (Å²) in [5.41, 5.74) is -0.801. The fraction of sp³-hybridized carbons (Fsp3) is 0.532. The number of rotatable bonds is 15. The van der Waals surface area contributed by atoms with Crippen LogP contribution in [0.25, 0.3) is 0 Å². The first kappa shape index (κ1) is 55.7. The number of hydrogen-bond donors (Lipinski definition) is 3. The average molecular weight is 946 g/mol. The molecule has 20 heteroatoms. The molecule has 6 heterocycles. The molecule has 4 aliphatic rings. The predicted octanol–water partition coefficient (Wildman–Crippen LogP) is 3.21. The van der Waals surface area contributed by atoms with Crippen LogP contribution in [-0.2, 0) is 57.1 Å². The van der Waals surface area contributed by atoms with E-state index in [0.717, 1.165) is 12.2 Å². The van der Waals surface area contributed by atoms with Crippen LogP contribution in [0.4, 0.5) is 0 Å². The zero-order chi connectivity index (χ0) is 50.3. The number of carbonyl (C=O) groups is 6. The van der Waals surface area contributed by atoms with E-state index in [-0.39, 0.29) is 66.5 Å². The first-order chi connectivity index (χ1) is 31.5. The molecule has 370 valence electrons. The molecule has 0 amide bonds. The highest BCUT2D eigenvalue weighted by Gasteiger charge is 2.52. The van der Waals surface area contributed by atoms with Gasteiger partial charge < -0.3 is 66.9 Å². The van der Waals surface area contributed by atoms with E-state index >= 15 is 0 Å². The molecule has 20 nitrogen and oxygen atoms in total. The Hall–Kier alpha value is -5.58. The predicted molar refractivity (Wildman–Crippen MR) is 235 cm³/mol. The van der Waals surface area contributed by atoms with Gasteiger partial charge in [0.1, 0.15) is 48.1 Å². The van der Waals surface area contributed by atoms with Crippen molar-refractivity contribution in [3.8, 4) is 0 Å². The largest absolute Gasteiger partial charge is 0.460 e. The van der Waals surface area contributed by atoms with Crippen molar-refractivity contribution in [2.24, 2.45) is 11.3 Å². The van der Waals surface area contributed by atoms with Gasteiger partial charge in [-0.1, -0.05) is 60.9 Å². The minimum atomic E-state index is -1.48. The Morgan fingerprint density at radius 2 is 1.00 bits per heavy atom. The number of carbonyl (C=O) groups excluding carboxylic acids is 6. The molecule has 2 aromatic rings. The number of esters is 4.